The summed E-state index contributed by atoms with van der Waals surface area (Å²) < 4.78 is 82.8. The second kappa shape index (κ2) is 10.9. The highest BCUT2D eigenvalue weighted by Gasteiger charge is 2.38. The van der Waals surface area contributed by atoms with Crippen LogP contribution in [0.25, 0.3) is 11.1 Å². The average molecular weight is 541 g/mol. The molecule has 3 aromatic rings. The number of nitrogens with zero attached hydrogens (tertiary/aromatic N) is 5. The van der Waals surface area contributed by atoms with Crippen molar-refractivity contribution in [2.75, 3.05) is 4.90 Å². The third kappa shape index (κ3) is 6.46. The first-order chi connectivity index (χ1) is 17.9. The highest BCUT2D eigenvalue weighted by atomic mass is 19.4. The minimum absolute atomic E-state index is 0.105. The second-order valence-corrected chi connectivity index (χ2v) is 9.72. The molecule has 3 atom stereocenters. The van der Waals surface area contributed by atoms with Crippen molar-refractivity contribution in [3.8, 4) is 11.1 Å². The van der Waals surface area contributed by atoms with Crippen LogP contribution in [0, 0.1) is 0 Å². The largest absolute Gasteiger partial charge is 0.416 e. The lowest BCUT2D eigenvalue weighted by Crippen LogP contribution is -2.52. The Hall–Kier alpha value is -3.15. The molecule has 0 amide bonds. The Balaban J connectivity index is 1.75. The van der Waals surface area contributed by atoms with E-state index in [1.165, 1.54) is 0 Å². The minimum atomic E-state index is -4.92. The Labute approximate surface area is 217 Å². The first kappa shape index (κ1) is 27.9. The summed E-state index contributed by atoms with van der Waals surface area (Å²) in [7, 11) is 1.77. The number of alkyl halides is 6. The highest BCUT2D eigenvalue weighted by molar-refractivity contribution is 5.60. The highest BCUT2D eigenvalue weighted by Crippen LogP contribution is 2.37. The van der Waals surface area contributed by atoms with Gasteiger partial charge in [-0.3, -0.25) is 4.68 Å². The Morgan fingerprint density at radius 2 is 1.42 bits per heavy atom. The maximum atomic E-state index is 13.5. The van der Waals surface area contributed by atoms with Crippen molar-refractivity contribution in [1.82, 2.24) is 25.1 Å². The van der Waals surface area contributed by atoms with Gasteiger partial charge in [-0.25, -0.2) is 9.97 Å². The normalized spacial score (nSPS) is 20.5. The molecule has 2 aromatic heterocycles. The summed E-state index contributed by atoms with van der Waals surface area (Å²) in [5.41, 5.74) is -1.29. The van der Waals surface area contributed by atoms with Crippen LogP contribution in [0.3, 0.4) is 0 Å². The third-order valence-corrected chi connectivity index (χ3v) is 6.94. The number of nitrogens with one attached hydrogen (secondary N) is 1. The molecule has 1 N–H and O–H groups in total. The SMILES string of the molecule is CC[C@@H]1CC(N(Cc2cc(C(F)(F)F)cc(C(F)(F)F)c2)c2ncc(-c3cnn(C)c3)cn2)C[C@H](CC)N1. The molecule has 3 heterocycles. The average Bonchev–Trinajstić information content (AvgIpc) is 3.32. The van der Waals surface area contributed by atoms with Crippen LogP contribution in [0.15, 0.2) is 43.0 Å². The van der Waals surface area contributed by atoms with Gasteiger partial charge < -0.3 is 10.2 Å². The van der Waals surface area contributed by atoms with E-state index in [1.54, 1.807) is 41.4 Å². The molecule has 1 aromatic carbocycles. The van der Waals surface area contributed by atoms with Gasteiger partial charge in [-0.15, -0.1) is 0 Å². The number of benzene rings is 1. The van der Waals surface area contributed by atoms with E-state index in [9.17, 15) is 26.3 Å². The summed E-state index contributed by atoms with van der Waals surface area (Å²) in [6.07, 6.45) is -0.213. The van der Waals surface area contributed by atoms with Gasteiger partial charge in [0, 0.05) is 61.4 Å². The quantitative estimate of drug-likeness (QED) is 0.360. The Kier molecular flexibility index (Phi) is 8.01. The van der Waals surface area contributed by atoms with E-state index < -0.39 is 23.5 Å². The summed E-state index contributed by atoms with van der Waals surface area (Å²) in [5.74, 6) is 0.250. The number of hydrogen-bond donors (Lipinski definition) is 1. The van der Waals surface area contributed by atoms with Gasteiger partial charge in [-0.2, -0.15) is 31.4 Å². The van der Waals surface area contributed by atoms with Crippen molar-refractivity contribution in [2.24, 2.45) is 7.05 Å². The molecule has 206 valence electrons. The molecular weight excluding hydrogens is 510 g/mol. The van der Waals surface area contributed by atoms with E-state index in [1.807, 2.05) is 13.8 Å². The molecular formula is C26H30F6N6. The molecule has 6 nitrogen and oxygen atoms in total. The predicted octanol–water partition coefficient (Wildman–Crippen LogP) is 6.23. The van der Waals surface area contributed by atoms with Crippen LogP contribution in [0.5, 0.6) is 0 Å². The molecule has 38 heavy (non-hydrogen) atoms. The summed E-state index contributed by atoms with van der Waals surface area (Å²) in [4.78, 5) is 10.7. The van der Waals surface area contributed by atoms with Gasteiger partial charge in [0.2, 0.25) is 5.95 Å². The fourth-order valence-electron chi connectivity index (χ4n) is 4.91. The molecule has 4 rings (SSSR count). The predicted molar refractivity (Wildman–Crippen MR) is 131 cm³/mol. The molecule has 1 fully saturated rings. The van der Waals surface area contributed by atoms with Crippen molar-refractivity contribution in [2.45, 2.75) is 76.6 Å². The summed E-state index contributed by atoms with van der Waals surface area (Å²) >= 11 is 0. The van der Waals surface area contributed by atoms with Gasteiger partial charge in [-0.1, -0.05) is 13.8 Å². The van der Waals surface area contributed by atoms with E-state index in [2.05, 4.69) is 20.4 Å². The molecule has 1 saturated heterocycles. The number of halogens is 6. The molecule has 0 saturated carbocycles. The Bertz CT molecular complexity index is 1180. The lowest BCUT2D eigenvalue weighted by molar-refractivity contribution is -0.143. The molecule has 1 aliphatic heterocycles. The molecule has 0 spiro atoms. The van der Waals surface area contributed by atoms with Crippen molar-refractivity contribution in [3.05, 3.63) is 59.7 Å². The number of anilines is 1. The summed E-state index contributed by atoms with van der Waals surface area (Å²) in [6, 6.07) is 1.84. The lowest BCUT2D eigenvalue weighted by Gasteiger charge is -2.41. The van der Waals surface area contributed by atoms with Crippen LogP contribution >= 0.6 is 0 Å². The van der Waals surface area contributed by atoms with Gasteiger partial charge >= 0.3 is 12.4 Å². The topological polar surface area (TPSA) is 58.9 Å². The minimum Gasteiger partial charge on any atom is -0.333 e. The molecule has 1 aliphatic rings. The van der Waals surface area contributed by atoms with Gasteiger partial charge in [0.15, 0.2) is 0 Å². The van der Waals surface area contributed by atoms with Crippen LogP contribution in [0.2, 0.25) is 0 Å². The molecule has 0 bridgehead atoms. The second-order valence-electron chi connectivity index (χ2n) is 9.72. The van der Waals surface area contributed by atoms with Crippen LogP contribution in [0.1, 0.15) is 56.2 Å². The number of piperidine rings is 1. The fourth-order valence-corrected chi connectivity index (χ4v) is 4.91. The van der Waals surface area contributed by atoms with Crippen LogP contribution in [-0.4, -0.2) is 37.9 Å². The zero-order chi connectivity index (χ0) is 27.7. The van der Waals surface area contributed by atoms with Gasteiger partial charge in [0.25, 0.3) is 0 Å². The first-order valence-electron chi connectivity index (χ1n) is 12.5. The van der Waals surface area contributed by atoms with Gasteiger partial charge in [0.1, 0.15) is 0 Å². The molecule has 0 radical (unpaired) electrons. The Morgan fingerprint density at radius 1 is 0.868 bits per heavy atom. The van der Waals surface area contributed by atoms with E-state index >= 15 is 0 Å². The molecule has 1 unspecified atom stereocenters. The monoisotopic (exact) mass is 540 g/mol. The van der Waals surface area contributed by atoms with Crippen molar-refractivity contribution in [1.29, 1.82) is 0 Å². The van der Waals surface area contributed by atoms with Crippen LogP contribution in [0.4, 0.5) is 32.3 Å². The molecule has 12 heteroatoms. The fraction of sp³-hybridized carbons (Fsp3) is 0.500. The van der Waals surface area contributed by atoms with Crippen molar-refractivity contribution in [3.63, 3.8) is 0 Å². The number of aromatic nitrogens is 4. The summed E-state index contributed by atoms with van der Waals surface area (Å²) in [6.45, 7) is 3.88. The standard InChI is InChI=1S/C26H30F6N6/c1-4-21-9-23(10-22(5-2)36-21)38(24-33-11-17(12-34-24)18-13-35-37(3)15-18)14-16-6-19(25(27,28)29)8-20(7-16)26(30,31)32/h6-8,11-13,15,21-23,36H,4-5,9-10,14H2,1-3H3/t21-,22+,23?. The van der Waals surface area contributed by atoms with E-state index in [0.29, 0.717) is 18.4 Å². The number of rotatable bonds is 7. The van der Waals surface area contributed by atoms with Crippen molar-refractivity contribution < 1.29 is 26.3 Å². The van der Waals surface area contributed by atoms with E-state index in [-0.39, 0.29) is 42.2 Å². The summed E-state index contributed by atoms with van der Waals surface area (Å²) in [5, 5.41) is 7.70. The third-order valence-electron chi connectivity index (χ3n) is 6.94. The zero-order valence-corrected chi connectivity index (χ0v) is 21.3. The van der Waals surface area contributed by atoms with E-state index in [4.69, 9.17) is 0 Å². The lowest BCUT2D eigenvalue weighted by atomic mass is 9.89. The maximum absolute atomic E-state index is 13.5. The number of hydrogen-bond acceptors (Lipinski definition) is 5. The van der Waals surface area contributed by atoms with Crippen LogP contribution in [-0.2, 0) is 25.9 Å². The molecule has 0 aliphatic carbocycles. The van der Waals surface area contributed by atoms with Gasteiger partial charge in [0.05, 0.1) is 17.3 Å². The van der Waals surface area contributed by atoms with Gasteiger partial charge in [-0.05, 0) is 49.4 Å². The first-order valence-corrected chi connectivity index (χ1v) is 12.5. The zero-order valence-electron chi connectivity index (χ0n) is 21.3. The Morgan fingerprint density at radius 3 is 1.87 bits per heavy atom. The van der Waals surface area contributed by atoms with E-state index in [0.717, 1.165) is 30.5 Å². The number of aryl methyl sites for hydroxylation is 1. The van der Waals surface area contributed by atoms with Crippen molar-refractivity contribution >= 4 is 5.95 Å². The maximum Gasteiger partial charge on any atom is 0.416 e. The smallest absolute Gasteiger partial charge is 0.333 e. The van der Waals surface area contributed by atoms with Crippen LogP contribution < -0.4 is 10.2 Å².